The number of nitrogens with one attached hydrogen (secondary N) is 1. The molecule has 0 aliphatic carbocycles. The van der Waals surface area contributed by atoms with Crippen LogP contribution in [0.1, 0.15) is 22.7 Å². The third-order valence-corrected chi connectivity index (χ3v) is 4.44. The van der Waals surface area contributed by atoms with Crippen molar-refractivity contribution in [1.29, 1.82) is 0 Å². The second-order valence-electron chi connectivity index (χ2n) is 5.78. The molecule has 5 heteroatoms. The van der Waals surface area contributed by atoms with E-state index < -0.39 is 12.1 Å². The molecule has 4 nitrogen and oxygen atoms in total. The highest BCUT2D eigenvalue weighted by Crippen LogP contribution is 2.26. The molecular weight excluding hydrogens is 394 g/mol. The van der Waals surface area contributed by atoms with Gasteiger partial charge in [0.1, 0.15) is 12.4 Å². The molecule has 0 fully saturated rings. The van der Waals surface area contributed by atoms with Crippen molar-refractivity contribution in [2.45, 2.75) is 12.6 Å². The van der Waals surface area contributed by atoms with E-state index in [-0.39, 0.29) is 0 Å². The van der Waals surface area contributed by atoms with Crippen molar-refractivity contribution in [2.24, 2.45) is 0 Å². The summed E-state index contributed by atoms with van der Waals surface area (Å²) in [5.41, 5.74) is 2.76. The summed E-state index contributed by atoms with van der Waals surface area (Å²) in [6.45, 7) is 0.444. The van der Waals surface area contributed by atoms with E-state index in [1.54, 1.807) is 0 Å². The number of amides is 1. The first-order valence-corrected chi connectivity index (χ1v) is 8.93. The molecule has 132 valence electrons. The minimum absolute atomic E-state index is 0.444. The first-order valence-electron chi connectivity index (χ1n) is 8.13. The zero-order chi connectivity index (χ0) is 18.4. The van der Waals surface area contributed by atoms with E-state index in [1.807, 2.05) is 78.9 Å². The molecule has 0 unspecified atom stereocenters. The summed E-state index contributed by atoms with van der Waals surface area (Å²) in [6.07, 6.45) is -1.07. The lowest BCUT2D eigenvalue weighted by Gasteiger charge is -2.19. The summed E-state index contributed by atoms with van der Waals surface area (Å²) >= 11 is 3.41. The minimum atomic E-state index is -1.07. The molecule has 0 saturated heterocycles. The van der Waals surface area contributed by atoms with E-state index in [9.17, 15) is 9.90 Å². The number of carboxylic acid groups (broad SMARTS) is 1. The largest absolute Gasteiger partial charge is 0.489 e. The van der Waals surface area contributed by atoms with Crippen molar-refractivity contribution in [3.05, 3.63) is 100 Å². The Labute approximate surface area is 160 Å². The molecule has 0 aliphatic heterocycles. The van der Waals surface area contributed by atoms with Crippen molar-refractivity contribution in [3.63, 3.8) is 0 Å². The van der Waals surface area contributed by atoms with Crippen LogP contribution in [0.15, 0.2) is 83.3 Å². The van der Waals surface area contributed by atoms with Gasteiger partial charge in [-0.3, -0.25) is 0 Å². The second-order valence-corrected chi connectivity index (χ2v) is 6.70. The molecule has 0 saturated carbocycles. The van der Waals surface area contributed by atoms with Gasteiger partial charge in [0.2, 0.25) is 0 Å². The van der Waals surface area contributed by atoms with Crippen LogP contribution in [0.2, 0.25) is 0 Å². The smallest absolute Gasteiger partial charge is 0.405 e. The van der Waals surface area contributed by atoms with Crippen LogP contribution < -0.4 is 10.1 Å². The van der Waals surface area contributed by atoms with Gasteiger partial charge in [0.05, 0.1) is 6.04 Å². The Kier molecular flexibility index (Phi) is 5.92. The zero-order valence-electron chi connectivity index (χ0n) is 13.9. The predicted octanol–water partition coefficient (Wildman–Crippen LogP) is 5.39. The number of hydrogen-bond acceptors (Lipinski definition) is 2. The van der Waals surface area contributed by atoms with Crippen LogP contribution >= 0.6 is 15.9 Å². The maximum absolute atomic E-state index is 11.2. The Morgan fingerprint density at radius 1 is 0.962 bits per heavy atom. The number of hydrogen-bond donors (Lipinski definition) is 2. The minimum Gasteiger partial charge on any atom is -0.489 e. The van der Waals surface area contributed by atoms with E-state index in [0.717, 1.165) is 21.2 Å². The van der Waals surface area contributed by atoms with Gasteiger partial charge in [-0.2, -0.15) is 0 Å². The van der Waals surface area contributed by atoms with Gasteiger partial charge in [0, 0.05) is 4.47 Å². The van der Waals surface area contributed by atoms with Gasteiger partial charge in [-0.15, -0.1) is 0 Å². The third kappa shape index (κ3) is 4.86. The molecule has 26 heavy (non-hydrogen) atoms. The zero-order valence-corrected chi connectivity index (χ0v) is 15.5. The first-order chi connectivity index (χ1) is 12.6. The molecule has 1 atom stereocenters. The van der Waals surface area contributed by atoms with Gasteiger partial charge in [0.15, 0.2) is 0 Å². The van der Waals surface area contributed by atoms with Crippen molar-refractivity contribution < 1.29 is 14.6 Å². The highest BCUT2D eigenvalue weighted by atomic mass is 79.9. The molecule has 0 bridgehead atoms. The van der Waals surface area contributed by atoms with Gasteiger partial charge < -0.3 is 15.2 Å². The van der Waals surface area contributed by atoms with Crippen molar-refractivity contribution in [2.75, 3.05) is 0 Å². The maximum atomic E-state index is 11.2. The summed E-state index contributed by atoms with van der Waals surface area (Å²) in [5, 5.41) is 11.8. The number of ether oxygens (including phenoxy) is 1. The molecule has 3 aromatic carbocycles. The highest BCUT2D eigenvalue weighted by Gasteiger charge is 2.16. The van der Waals surface area contributed by atoms with Crippen LogP contribution in [0.3, 0.4) is 0 Å². The monoisotopic (exact) mass is 411 g/mol. The third-order valence-electron chi connectivity index (χ3n) is 3.91. The quantitative estimate of drug-likeness (QED) is 0.571. The van der Waals surface area contributed by atoms with Crippen LogP contribution in [-0.4, -0.2) is 11.2 Å². The number of halogens is 1. The normalized spacial score (nSPS) is 11.6. The molecule has 0 aromatic heterocycles. The van der Waals surface area contributed by atoms with Gasteiger partial charge in [-0.1, -0.05) is 70.5 Å². The van der Waals surface area contributed by atoms with Gasteiger partial charge in [-0.05, 0) is 41.0 Å². The summed E-state index contributed by atoms with van der Waals surface area (Å²) in [4.78, 5) is 11.2. The molecule has 0 spiro atoms. The molecule has 2 N–H and O–H groups in total. The van der Waals surface area contributed by atoms with Crippen LogP contribution in [0.5, 0.6) is 5.75 Å². The fourth-order valence-electron chi connectivity index (χ4n) is 2.66. The lowest BCUT2D eigenvalue weighted by atomic mass is 9.98. The standard InChI is InChI=1S/C21H18BrNO3/c22-18-11-9-15(10-12-18)14-26-19-8-4-7-17(13-19)20(23-21(24)25)16-5-2-1-3-6-16/h1-13,20,23H,14H2,(H,24,25)/t20-/m0/s1. The van der Waals surface area contributed by atoms with Crippen molar-refractivity contribution in [1.82, 2.24) is 5.32 Å². The topological polar surface area (TPSA) is 58.6 Å². The second kappa shape index (κ2) is 8.54. The van der Waals surface area contributed by atoms with Gasteiger partial charge in [-0.25, -0.2) is 4.79 Å². The SMILES string of the molecule is O=C(O)N[C@@H](c1ccccc1)c1cccc(OCc2ccc(Br)cc2)c1. The number of rotatable bonds is 6. The lowest BCUT2D eigenvalue weighted by Crippen LogP contribution is -2.27. The lowest BCUT2D eigenvalue weighted by molar-refractivity contribution is 0.191. The van der Waals surface area contributed by atoms with E-state index in [4.69, 9.17) is 4.74 Å². The van der Waals surface area contributed by atoms with Gasteiger partial charge >= 0.3 is 6.09 Å². The molecule has 0 radical (unpaired) electrons. The maximum Gasteiger partial charge on any atom is 0.405 e. The summed E-state index contributed by atoms with van der Waals surface area (Å²) in [6, 6.07) is 24.4. The Balaban J connectivity index is 1.79. The highest BCUT2D eigenvalue weighted by molar-refractivity contribution is 9.10. The first kappa shape index (κ1) is 18.0. The van der Waals surface area contributed by atoms with Crippen LogP contribution in [0.4, 0.5) is 4.79 Å². The van der Waals surface area contributed by atoms with E-state index >= 15 is 0 Å². The van der Waals surface area contributed by atoms with Crippen LogP contribution in [0, 0.1) is 0 Å². The summed E-state index contributed by atoms with van der Waals surface area (Å²) < 4.78 is 6.90. The Bertz CT molecular complexity index is 866. The Hall–Kier alpha value is -2.79. The Morgan fingerprint density at radius 2 is 1.65 bits per heavy atom. The van der Waals surface area contributed by atoms with E-state index in [0.29, 0.717) is 12.4 Å². The van der Waals surface area contributed by atoms with Gasteiger partial charge in [0.25, 0.3) is 0 Å². The van der Waals surface area contributed by atoms with E-state index in [1.165, 1.54) is 0 Å². The van der Waals surface area contributed by atoms with E-state index in [2.05, 4.69) is 21.2 Å². The average molecular weight is 412 g/mol. The average Bonchev–Trinajstić information content (AvgIpc) is 2.66. The fraction of sp³-hybridized carbons (Fsp3) is 0.0952. The Morgan fingerprint density at radius 3 is 2.35 bits per heavy atom. The molecule has 0 heterocycles. The molecule has 3 aromatic rings. The van der Waals surface area contributed by atoms with Crippen molar-refractivity contribution in [3.8, 4) is 5.75 Å². The molecular formula is C21H18BrNO3. The van der Waals surface area contributed by atoms with Crippen LogP contribution in [-0.2, 0) is 6.61 Å². The molecule has 3 rings (SSSR count). The number of benzene rings is 3. The summed E-state index contributed by atoms with van der Waals surface area (Å²) in [7, 11) is 0. The predicted molar refractivity (Wildman–Crippen MR) is 104 cm³/mol. The van der Waals surface area contributed by atoms with Crippen LogP contribution in [0.25, 0.3) is 0 Å². The fourth-order valence-corrected chi connectivity index (χ4v) is 2.92. The molecule has 1 amide bonds. The summed E-state index contributed by atoms with van der Waals surface area (Å²) in [5.74, 6) is 0.693. The number of carbonyl (C=O) groups is 1. The molecule has 0 aliphatic rings. The van der Waals surface area contributed by atoms with Crippen molar-refractivity contribution >= 4 is 22.0 Å².